The quantitative estimate of drug-likeness (QED) is 0.0938. The molecule has 0 unspecified atom stereocenters. The minimum Gasteiger partial charge on any atom is -0.432 e. The number of allylic oxidation sites excluding steroid dienone is 4. The summed E-state index contributed by atoms with van der Waals surface area (Å²) in [4.78, 5) is 76.7. The number of aromatic nitrogens is 12. The zero-order valence-corrected chi connectivity index (χ0v) is 86.2. The molecule has 0 bridgehead atoms. The van der Waals surface area contributed by atoms with Crippen molar-refractivity contribution in [1.29, 1.82) is 4.78 Å². The van der Waals surface area contributed by atoms with E-state index in [2.05, 4.69) is 182 Å². The van der Waals surface area contributed by atoms with Gasteiger partial charge in [-0.1, -0.05) is 103 Å². The van der Waals surface area contributed by atoms with Crippen molar-refractivity contribution in [1.82, 2.24) is 79.4 Å². The predicted octanol–water partition coefficient (Wildman–Crippen LogP) is 14.6. The molecular formula is C110H112FN21O13S4. The second kappa shape index (κ2) is 41.0. The van der Waals surface area contributed by atoms with E-state index < -0.39 is 41.2 Å². The highest BCUT2D eigenvalue weighted by molar-refractivity contribution is 7.92. The number of halogens is 1. The Morgan fingerprint density at radius 1 is 0.383 bits per heavy atom. The number of nitrogens with zero attached hydrogens (tertiary/aromatic N) is 20. The molecule has 12 aliphatic rings. The van der Waals surface area contributed by atoms with Gasteiger partial charge in [0, 0.05) is 238 Å². The number of hydrogen-bond acceptors (Lipinski definition) is 34. The van der Waals surface area contributed by atoms with Gasteiger partial charge in [-0.15, -0.1) is 0 Å². The lowest BCUT2D eigenvalue weighted by Crippen LogP contribution is -2.41. The van der Waals surface area contributed by atoms with E-state index in [1.807, 2.05) is 43.0 Å². The Morgan fingerprint density at radius 3 is 1.16 bits per heavy atom. The average molecular weight is 2080 g/mol. The number of fused-ring (bicyclic) bond motifs is 16. The number of rotatable bonds is 16. The summed E-state index contributed by atoms with van der Waals surface area (Å²) in [6.45, 7) is 22.9. The minimum absolute atomic E-state index is 0.0231. The molecule has 766 valence electrons. The summed E-state index contributed by atoms with van der Waals surface area (Å²) in [6, 6.07) is 28.8. The molecule has 16 aromatic rings. The number of sulfone groups is 1. The van der Waals surface area contributed by atoms with Crippen LogP contribution in [0.2, 0.25) is 0 Å². The molecule has 4 aromatic carbocycles. The summed E-state index contributed by atoms with van der Waals surface area (Å²) < 4.78 is 130. The first-order chi connectivity index (χ1) is 72.8. The Kier molecular flexibility index (Phi) is 26.7. The van der Waals surface area contributed by atoms with Gasteiger partial charge in [0.1, 0.15) is 27.9 Å². The fraction of sp³-hybridized carbons (Fsp3) is 0.382. The molecule has 34 nitrogen and oxygen atoms in total. The van der Waals surface area contributed by atoms with Gasteiger partial charge in [0.25, 0.3) is 0 Å². The summed E-state index contributed by atoms with van der Waals surface area (Å²) >= 11 is 0. The van der Waals surface area contributed by atoms with Crippen LogP contribution in [0.25, 0.3) is 159 Å². The molecule has 0 amide bonds. The zero-order valence-electron chi connectivity index (χ0n) is 82.9. The molecule has 8 fully saturated rings. The molecule has 0 spiro atoms. The Balaban J connectivity index is 0.000000103. The van der Waals surface area contributed by atoms with Gasteiger partial charge in [0.15, 0.2) is 78.7 Å². The molecule has 28 rings (SSSR count). The predicted molar refractivity (Wildman–Crippen MR) is 579 cm³/mol. The number of pyridine rings is 4. The van der Waals surface area contributed by atoms with E-state index >= 15 is 4.39 Å². The summed E-state index contributed by atoms with van der Waals surface area (Å²) in [7, 11) is -6.77. The standard InChI is InChI=1S/C28H29N5O4S.C28H29N5O3S.C27H26FN5O3S.C27H28N6O3S/c1-18(32-10-14-38(34,35)15-11-32)20-16-23-24-25(37-28(23)29-17-20)27(33-8-12-36-13-9-33)31-26(30-24)22-7-3-5-19-4-2-6-21(19)22;1-18-13-20-3-2-4-21(20)22(14-18)26-30-24-23-15-19(17-32-7-11-37(34)12-8-32)16-29-28(23)36-25(24)27(31-26)33-5-9-35-10-6-33;28-21-5-4-18-2-1-3-19(18)22(21)25-30-23-20-14-17(16-32-8-12-37(34)13-9-32)15-29-27(20)36-24(23)26(31-25)33-6-10-35-11-7-33;28-37(34)13-9-32(10-14-37)17-18-15-22-23-24(36-27(22)29-16-18)26(33-7-11-35-12-8-33)31-25(30-23)21-6-2-4-19-3-1-5-20(19)21/h2-3,5-7,16-18H,4,8-15H2,1H3;2,4,13-16H,3,5-12,17H2,1H3;1,3-5,14-15H,2,6-13,16H2;1-2,4-6,15-16,28H,3,7-14,17H2/t18-;;;/m1.../s1. The zero-order chi connectivity index (χ0) is 101. The fourth-order valence-corrected chi connectivity index (χ4v) is 26.8. The molecule has 4 aliphatic carbocycles. The normalized spacial score (nSPS) is 19.4. The molecular weight excluding hydrogens is 1970 g/mol. The molecule has 20 heterocycles. The molecule has 0 saturated carbocycles. The van der Waals surface area contributed by atoms with Crippen LogP contribution in [0.4, 0.5) is 27.7 Å². The van der Waals surface area contributed by atoms with Gasteiger partial charge in [0.2, 0.25) is 22.9 Å². The molecule has 1 N–H and O–H groups in total. The maximum absolute atomic E-state index is 15.3. The number of nitrogens with one attached hydrogen (secondary N) is 1. The van der Waals surface area contributed by atoms with Gasteiger partial charge in [-0.05, 0) is 143 Å². The molecule has 8 aliphatic heterocycles. The first kappa shape index (κ1) is 96.8. The number of benzene rings is 4. The summed E-state index contributed by atoms with van der Waals surface area (Å²) in [5.74, 6) is 9.17. The third-order valence-electron chi connectivity index (χ3n) is 30.2. The van der Waals surface area contributed by atoms with Crippen LogP contribution in [0.1, 0.15) is 85.3 Å². The number of furan rings is 4. The van der Waals surface area contributed by atoms with Crippen LogP contribution in [0.5, 0.6) is 0 Å². The Labute approximate surface area is 864 Å². The Bertz CT molecular complexity index is 8390. The third-order valence-corrected chi connectivity index (χ3v) is 36.1. The van der Waals surface area contributed by atoms with Crippen LogP contribution in [-0.4, -0.2) is 304 Å². The topological polar surface area (TPSA) is 379 Å². The Hall–Kier alpha value is -13.0. The second-order valence-corrected chi connectivity index (χ2v) is 48.0. The van der Waals surface area contributed by atoms with E-state index in [1.54, 1.807) is 0 Å². The van der Waals surface area contributed by atoms with Crippen molar-refractivity contribution in [2.75, 3.05) is 223 Å². The van der Waals surface area contributed by atoms with Crippen LogP contribution in [0, 0.1) is 17.5 Å². The first-order valence-corrected chi connectivity index (χ1v) is 58.1. The fourth-order valence-electron chi connectivity index (χ4n) is 22.1. The van der Waals surface area contributed by atoms with Crippen LogP contribution in [-0.2, 0) is 105 Å². The second-order valence-electron chi connectivity index (χ2n) is 39.9. The van der Waals surface area contributed by atoms with Gasteiger partial charge >= 0.3 is 0 Å². The van der Waals surface area contributed by atoms with Crippen molar-refractivity contribution >= 4 is 178 Å². The molecule has 8 saturated heterocycles. The van der Waals surface area contributed by atoms with Gasteiger partial charge in [-0.25, -0.2) is 76.8 Å². The molecule has 39 heteroatoms. The summed E-state index contributed by atoms with van der Waals surface area (Å²) in [5.41, 5.74) is 25.8. The molecule has 149 heavy (non-hydrogen) atoms. The van der Waals surface area contributed by atoms with E-state index in [0.717, 1.165) is 215 Å². The van der Waals surface area contributed by atoms with E-state index in [-0.39, 0.29) is 23.4 Å². The number of anilines is 4. The van der Waals surface area contributed by atoms with E-state index in [0.29, 0.717) is 214 Å². The average Bonchev–Trinajstić information content (AvgIpc) is 1.60. The van der Waals surface area contributed by atoms with Crippen LogP contribution in [0.3, 0.4) is 0 Å². The maximum atomic E-state index is 15.3. The highest BCUT2D eigenvalue weighted by Gasteiger charge is 2.36. The molecule has 0 radical (unpaired) electrons. The Morgan fingerprint density at radius 2 is 0.738 bits per heavy atom. The number of aryl methyl sites for hydroxylation is 1. The van der Waals surface area contributed by atoms with Gasteiger partial charge < -0.3 is 56.2 Å². The first-order valence-electron chi connectivity index (χ1n) is 51.4. The van der Waals surface area contributed by atoms with Gasteiger partial charge in [-0.2, -0.15) is 0 Å². The lowest BCUT2D eigenvalue weighted by atomic mass is 9.99. The lowest BCUT2D eigenvalue weighted by Gasteiger charge is -2.32. The third kappa shape index (κ3) is 19.7. The number of hydrogen-bond donors (Lipinski definition) is 1. The largest absolute Gasteiger partial charge is 0.432 e. The van der Waals surface area contributed by atoms with Crippen molar-refractivity contribution in [2.45, 2.75) is 65.2 Å². The number of morpholine rings is 4. The van der Waals surface area contributed by atoms with E-state index in [4.69, 9.17) is 81.3 Å². The van der Waals surface area contributed by atoms with Crippen LogP contribution >= 0.6 is 0 Å². The highest BCUT2D eigenvalue weighted by atomic mass is 32.2. The monoisotopic (exact) mass is 2080 g/mol. The van der Waals surface area contributed by atoms with Crippen molar-refractivity contribution < 1.29 is 62.1 Å². The highest BCUT2D eigenvalue weighted by Crippen LogP contribution is 2.46. The molecule has 12 aromatic heterocycles. The van der Waals surface area contributed by atoms with E-state index in [1.165, 1.54) is 45.0 Å². The van der Waals surface area contributed by atoms with Crippen molar-refractivity contribution in [3.63, 3.8) is 0 Å². The van der Waals surface area contributed by atoms with E-state index in [9.17, 15) is 21.0 Å². The molecule has 1 atom stereocenters. The van der Waals surface area contributed by atoms with Crippen molar-refractivity contribution in [2.24, 2.45) is 0 Å². The van der Waals surface area contributed by atoms with Gasteiger partial charge in [0.05, 0.1) is 91.5 Å². The smallest absolute Gasteiger partial charge is 0.229 e. The number of ether oxygens (including phenoxy) is 4. The SMILES string of the molecule is C[C@H](c1cnc2oc3c(N4CCOCC4)nc(-c4cccc5c4C=CC5)nc3c2c1)N1CCS(=O)(=O)CC1.Cc1cc2c(c(-c3nc(N4CCOCC4)c4oc5ncc(CN6CCS(=O)CC6)cc5c4n3)c1)C=CC2.N=S1(=O)CCN(Cc2cnc3oc4c(N5CCOCC5)nc(-c5cccc6c5C=CC6)nc4c3c2)CC1.O=S1CCN(Cc2cnc3oc4c(N5CCOCC5)nc(-c5c(F)ccc6c5C=CC6)nc4c3c2)CC1. The lowest BCUT2D eigenvalue weighted by molar-refractivity contribution is 0.122. The maximum Gasteiger partial charge on any atom is 0.229 e. The van der Waals surface area contributed by atoms with Crippen molar-refractivity contribution in [3.8, 4) is 45.6 Å². The van der Waals surface area contributed by atoms with Gasteiger partial charge in [-0.3, -0.25) is 32.8 Å². The van der Waals surface area contributed by atoms with Crippen LogP contribution in [0.15, 0.2) is 152 Å². The summed E-state index contributed by atoms with van der Waals surface area (Å²) in [6.07, 6.45) is 28.0. The summed E-state index contributed by atoms with van der Waals surface area (Å²) in [5, 5.41) is 3.41. The van der Waals surface area contributed by atoms with Crippen molar-refractivity contribution in [3.05, 3.63) is 212 Å². The van der Waals surface area contributed by atoms with Crippen LogP contribution < -0.4 is 19.6 Å². The minimum atomic E-state index is -2.94.